The van der Waals surface area contributed by atoms with Gasteiger partial charge in [-0.1, -0.05) is 55.2 Å². The maximum absolute atomic E-state index is 11.5. The zero-order chi connectivity index (χ0) is 14.4. The molecule has 2 aromatic rings. The van der Waals surface area contributed by atoms with Gasteiger partial charge >= 0.3 is 0 Å². The lowest BCUT2D eigenvalue weighted by molar-refractivity contribution is 0.706. The summed E-state index contributed by atoms with van der Waals surface area (Å²) < 4.78 is 2.61. The summed E-state index contributed by atoms with van der Waals surface area (Å²) in [6.07, 6.45) is 4.99. The van der Waals surface area contributed by atoms with E-state index in [1.807, 2.05) is 0 Å². The Morgan fingerprint density at radius 2 is 2.25 bits per heavy atom. The Morgan fingerprint density at radius 3 is 3.00 bits per heavy atom. The van der Waals surface area contributed by atoms with Crippen molar-refractivity contribution in [3.05, 3.63) is 22.1 Å². The fourth-order valence-corrected chi connectivity index (χ4v) is 3.77. The molecule has 4 nitrogen and oxygen atoms in total. The molecular formula is C14H17N3OS2. The molecule has 0 radical (unpaired) electrons. The fourth-order valence-electron chi connectivity index (χ4n) is 1.76. The van der Waals surface area contributed by atoms with Gasteiger partial charge in [-0.25, -0.2) is 0 Å². The Balaban J connectivity index is 2.14. The highest BCUT2D eigenvalue weighted by molar-refractivity contribution is 8.01. The van der Waals surface area contributed by atoms with E-state index in [2.05, 4.69) is 28.8 Å². The van der Waals surface area contributed by atoms with Gasteiger partial charge in [0.05, 0.1) is 0 Å². The number of hydrogen-bond acceptors (Lipinski definition) is 5. The van der Waals surface area contributed by atoms with Crippen LogP contribution in [0.3, 0.4) is 0 Å². The standard InChI is InChI=1S/C14H17N3OS2/c1-3-5-6-7-9-19-14-16-17-11(8-4-2)10-12(18)15-13(17)20-14/h10H,3,5-7,9H2,1-2H3. The first-order valence-electron chi connectivity index (χ1n) is 6.71. The number of aromatic nitrogens is 3. The van der Waals surface area contributed by atoms with E-state index >= 15 is 0 Å². The van der Waals surface area contributed by atoms with Gasteiger partial charge in [0, 0.05) is 11.8 Å². The topological polar surface area (TPSA) is 47.3 Å². The van der Waals surface area contributed by atoms with Gasteiger partial charge in [0.25, 0.3) is 5.56 Å². The molecule has 0 unspecified atom stereocenters. The molecule has 0 aromatic carbocycles. The monoisotopic (exact) mass is 307 g/mol. The van der Waals surface area contributed by atoms with Crippen LogP contribution in [-0.4, -0.2) is 20.4 Å². The largest absolute Gasteiger partial charge is 0.275 e. The highest BCUT2D eigenvalue weighted by atomic mass is 32.2. The Bertz CT molecular complexity index is 694. The molecule has 0 atom stereocenters. The van der Waals surface area contributed by atoms with Gasteiger partial charge < -0.3 is 0 Å². The predicted molar refractivity (Wildman–Crippen MR) is 84.6 cm³/mol. The van der Waals surface area contributed by atoms with Gasteiger partial charge in [0.15, 0.2) is 4.34 Å². The molecule has 106 valence electrons. The zero-order valence-corrected chi connectivity index (χ0v) is 13.3. The Kier molecular flexibility index (Phi) is 5.62. The second-order valence-electron chi connectivity index (χ2n) is 4.33. The lowest BCUT2D eigenvalue weighted by Crippen LogP contribution is -2.09. The molecule has 6 heteroatoms. The third-order valence-corrected chi connectivity index (χ3v) is 4.84. The van der Waals surface area contributed by atoms with Crippen LogP contribution in [0, 0.1) is 11.8 Å². The Morgan fingerprint density at radius 1 is 1.40 bits per heavy atom. The van der Waals surface area contributed by atoms with E-state index in [0.29, 0.717) is 10.7 Å². The van der Waals surface area contributed by atoms with Crippen LogP contribution in [-0.2, 0) is 0 Å². The molecule has 0 bridgehead atoms. The van der Waals surface area contributed by atoms with Crippen LogP contribution in [0.25, 0.3) is 4.96 Å². The molecule has 0 spiro atoms. The Hall–Kier alpha value is -1.32. The highest BCUT2D eigenvalue weighted by Gasteiger charge is 2.08. The summed E-state index contributed by atoms with van der Waals surface area (Å²) in [6.45, 7) is 3.95. The van der Waals surface area contributed by atoms with E-state index in [0.717, 1.165) is 10.1 Å². The van der Waals surface area contributed by atoms with Crippen molar-refractivity contribution in [3.8, 4) is 11.8 Å². The van der Waals surface area contributed by atoms with Gasteiger partial charge in [0.2, 0.25) is 4.96 Å². The maximum atomic E-state index is 11.5. The highest BCUT2D eigenvalue weighted by Crippen LogP contribution is 2.25. The van der Waals surface area contributed by atoms with Crippen LogP contribution in [0.2, 0.25) is 0 Å². The minimum absolute atomic E-state index is 0.258. The summed E-state index contributed by atoms with van der Waals surface area (Å²) in [5.41, 5.74) is 0.350. The summed E-state index contributed by atoms with van der Waals surface area (Å²) in [5.74, 6) is 6.75. The quantitative estimate of drug-likeness (QED) is 0.467. The Labute approximate surface area is 126 Å². The zero-order valence-electron chi connectivity index (χ0n) is 11.7. The van der Waals surface area contributed by atoms with Crippen molar-refractivity contribution in [2.75, 3.05) is 5.75 Å². The smallest absolute Gasteiger partial charge is 0.267 e. The average molecular weight is 307 g/mol. The average Bonchev–Trinajstić information content (AvgIpc) is 2.81. The van der Waals surface area contributed by atoms with Crippen molar-refractivity contribution >= 4 is 28.1 Å². The van der Waals surface area contributed by atoms with Crippen LogP contribution in [0.4, 0.5) is 0 Å². The first-order valence-corrected chi connectivity index (χ1v) is 8.51. The maximum Gasteiger partial charge on any atom is 0.275 e. The van der Waals surface area contributed by atoms with E-state index in [-0.39, 0.29) is 5.56 Å². The second-order valence-corrected chi connectivity index (χ2v) is 6.62. The van der Waals surface area contributed by atoms with Crippen LogP contribution >= 0.6 is 23.1 Å². The van der Waals surface area contributed by atoms with Crippen molar-refractivity contribution in [2.24, 2.45) is 0 Å². The molecule has 0 aliphatic rings. The van der Waals surface area contributed by atoms with E-state index in [4.69, 9.17) is 0 Å². The van der Waals surface area contributed by atoms with Crippen molar-refractivity contribution in [1.82, 2.24) is 14.6 Å². The molecule has 2 heterocycles. The lowest BCUT2D eigenvalue weighted by atomic mass is 10.2. The number of thioether (sulfide) groups is 1. The van der Waals surface area contributed by atoms with Gasteiger partial charge in [-0.3, -0.25) is 4.79 Å². The summed E-state index contributed by atoms with van der Waals surface area (Å²) >= 11 is 3.18. The van der Waals surface area contributed by atoms with Gasteiger partial charge in [-0.15, -0.1) is 5.10 Å². The second kappa shape index (κ2) is 7.46. The summed E-state index contributed by atoms with van der Waals surface area (Å²) in [5, 5.41) is 4.48. The number of rotatable bonds is 6. The summed E-state index contributed by atoms with van der Waals surface area (Å²) in [4.78, 5) is 16.1. The molecule has 2 rings (SSSR count). The van der Waals surface area contributed by atoms with E-state index in [1.54, 1.807) is 23.2 Å². The van der Waals surface area contributed by atoms with Crippen molar-refractivity contribution < 1.29 is 0 Å². The molecule has 0 aliphatic carbocycles. The summed E-state index contributed by atoms with van der Waals surface area (Å²) in [6, 6.07) is 1.43. The molecule has 0 saturated carbocycles. The molecule has 0 N–H and O–H groups in total. The molecule has 20 heavy (non-hydrogen) atoms. The first-order chi connectivity index (χ1) is 9.74. The number of fused-ring (bicyclic) bond motifs is 1. The van der Waals surface area contributed by atoms with Crippen LogP contribution in [0.5, 0.6) is 0 Å². The van der Waals surface area contributed by atoms with Crippen LogP contribution < -0.4 is 5.56 Å². The number of nitrogens with zero attached hydrogens (tertiary/aromatic N) is 3. The predicted octanol–water partition coefficient (Wildman–Crippen LogP) is 3.19. The number of hydrogen-bond donors (Lipinski definition) is 0. The van der Waals surface area contributed by atoms with Crippen LogP contribution in [0.1, 0.15) is 45.2 Å². The van der Waals surface area contributed by atoms with E-state index < -0.39 is 0 Å². The van der Waals surface area contributed by atoms with Crippen LogP contribution in [0.15, 0.2) is 15.2 Å². The SMILES string of the molecule is CC#Cc1cc(=O)nc2sc(SCCCCCC)nn12. The molecular weight excluding hydrogens is 290 g/mol. The molecule has 0 amide bonds. The van der Waals surface area contributed by atoms with Crippen molar-refractivity contribution in [3.63, 3.8) is 0 Å². The molecule has 0 aliphatic heterocycles. The van der Waals surface area contributed by atoms with Gasteiger partial charge in [0.1, 0.15) is 5.69 Å². The van der Waals surface area contributed by atoms with E-state index in [1.165, 1.54) is 43.1 Å². The minimum atomic E-state index is -0.258. The first kappa shape index (κ1) is 15.1. The lowest BCUT2D eigenvalue weighted by Gasteiger charge is -1.96. The normalized spacial score (nSPS) is 10.5. The summed E-state index contributed by atoms with van der Waals surface area (Å²) in [7, 11) is 0. The number of unbranched alkanes of at least 4 members (excludes halogenated alkanes) is 3. The van der Waals surface area contributed by atoms with Crippen molar-refractivity contribution in [1.29, 1.82) is 0 Å². The minimum Gasteiger partial charge on any atom is -0.267 e. The third-order valence-electron chi connectivity index (χ3n) is 2.71. The van der Waals surface area contributed by atoms with Gasteiger partial charge in [-0.2, -0.15) is 9.50 Å². The third kappa shape index (κ3) is 3.84. The fraction of sp³-hybridized carbons (Fsp3) is 0.500. The molecule has 0 saturated heterocycles. The molecule has 0 fully saturated rings. The molecule has 2 aromatic heterocycles. The van der Waals surface area contributed by atoms with Gasteiger partial charge in [-0.05, 0) is 19.3 Å². The van der Waals surface area contributed by atoms with Crippen molar-refractivity contribution in [2.45, 2.75) is 43.9 Å². The van der Waals surface area contributed by atoms with E-state index in [9.17, 15) is 4.79 Å².